The van der Waals surface area contributed by atoms with Crippen LogP contribution >= 0.6 is 0 Å². The molecule has 3 aromatic rings. The number of fused-ring (bicyclic) bond motifs is 5. The smallest absolute Gasteiger partial charge is 0.343 e. The quantitative estimate of drug-likeness (QED) is 0.440. The van der Waals surface area contributed by atoms with Crippen molar-refractivity contribution in [2.75, 3.05) is 19.6 Å². The first-order valence-corrected chi connectivity index (χ1v) is 12.5. The summed E-state index contributed by atoms with van der Waals surface area (Å²) in [7, 11) is 0. The van der Waals surface area contributed by atoms with Crippen molar-refractivity contribution >= 4 is 16.9 Å². The zero-order valence-electron chi connectivity index (χ0n) is 20.3. The fraction of sp³-hybridized carbons (Fsp3) is 0.444. The second-order valence-corrected chi connectivity index (χ2v) is 10.0. The second kappa shape index (κ2) is 8.11. The summed E-state index contributed by atoms with van der Waals surface area (Å²) in [6, 6.07) is 5.92. The zero-order valence-corrected chi connectivity index (χ0v) is 20.3. The van der Waals surface area contributed by atoms with E-state index >= 15 is 0 Å². The molecule has 0 spiro atoms. The summed E-state index contributed by atoms with van der Waals surface area (Å²) in [6.07, 6.45) is 1.94. The van der Waals surface area contributed by atoms with Crippen molar-refractivity contribution in [2.24, 2.45) is 0 Å². The normalized spacial score (nSPS) is 23.0. The highest BCUT2D eigenvalue weighted by Crippen LogP contribution is 2.40. The highest BCUT2D eigenvalue weighted by molar-refractivity contribution is 5.88. The van der Waals surface area contributed by atoms with Gasteiger partial charge in [-0.25, -0.2) is 9.18 Å². The molecule has 0 bridgehead atoms. The minimum absolute atomic E-state index is 0.0249. The molecule has 1 fully saturated rings. The molecule has 0 amide bonds. The van der Waals surface area contributed by atoms with Crippen molar-refractivity contribution in [3.63, 3.8) is 0 Å². The first-order valence-electron chi connectivity index (χ1n) is 12.5. The molecule has 36 heavy (non-hydrogen) atoms. The van der Waals surface area contributed by atoms with Crippen LogP contribution in [0.2, 0.25) is 0 Å². The van der Waals surface area contributed by atoms with Crippen LogP contribution in [0, 0.1) is 5.82 Å². The molecule has 3 aliphatic rings. The van der Waals surface area contributed by atoms with Crippen molar-refractivity contribution in [2.45, 2.75) is 57.9 Å². The fourth-order valence-corrected chi connectivity index (χ4v) is 6.22. The monoisotopic (exact) mass is 493 g/mol. The van der Waals surface area contributed by atoms with Gasteiger partial charge in [0.15, 0.2) is 11.0 Å². The molecule has 6 rings (SSSR count). The van der Waals surface area contributed by atoms with E-state index < -0.39 is 22.9 Å². The fourth-order valence-electron chi connectivity index (χ4n) is 6.22. The van der Waals surface area contributed by atoms with Crippen LogP contribution in [0.25, 0.3) is 22.2 Å². The van der Waals surface area contributed by atoms with Crippen molar-refractivity contribution < 1.29 is 19.0 Å². The second-order valence-electron chi connectivity index (χ2n) is 10.0. The van der Waals surface area contributed by atoms with E-state index in [-0.39, 0.29) is 47.6 Å². The number of hydrogen-bond acceptors (Lipinski definition) is 6. The summed E-state index contributed by atoms with van der Waals surface area (Å²) < 4.78 is 23.1. The van der Waals surface area contributed by atoms with Crippen molar-refractivity contribution in [1.82, 2.24) is 14.0 Å². The number of likely N-dealkylation sites (tertiary alicyclic amines) is 1. The molecule has 9 heteroatoms. The number of aliphatic hydroxyl groups is 1. The van der Waals surface area contributed by atoms with Gasteiger partial charge < -0.3 is 23.9 Å². The highest BCUT2D eigenvalue weighted by Gasteiger charge is 2.46. The van der Waals surface area contributed by atoms with Gasteiger partial charge in [-0.05, 0) is 50.1 Å². The maximum atomic E-state index is 14.3. The van der Waals surface area contributed by atoms with E-state index in [0.29, 0.717) is 22.5 Å². The van der Waals surface area contributed by atoms with E-state index in [1.165, 1.54) is 16.7 Å². The number of rotatable bonds is 4. The number of aromatic nitrogens is 2. The lowest BCUT2D eigenvalue weighted by atomic mass is 9.85. The molecule has 0 radical (unpaired) electrons. The van der Waals surface area contributed by atoms with Crippen LogP contribution in [0.5, 0.6) is 0 Å². The Kier molecular flexibility index (Phi) is 5.21. The Morgan fingerprint density at radius 3 is 2.75 bits per heavy atom. The molecule has 1 aromatic carbocycles. The van der Waals surface area contributed by atoms with Gasteiger partial charge in [0.05, 0.1) is 34.6 Å². The summed E-state index contributed by atoms with van der Waals surface area (Å²) in [6.45, 7) is 6.43. The lowest BCUT2D eigenvalue weighted by molar-refractivity contribution is -0.172. The number of carbonyl (C=O) groups excluding carboxylic acids is 1. The number of pyridine rings is 2. The molecule has 188 valence electrons. The van der Waals surface area contributed by atoms with Gasteiger partial charge in [-0.3, -0.25) is 9.59 Å². The molecule has 0 aliphatic carbocycles. The maximum Gasteiger partial charge on any atom is 0.343 e. The van der Waals surface area contributed by atoms with Gasteiger partial charge in [-0.15, -0.1) is 0 Å². The van der Waals surface area contributed by atoms with Crippen LogP contribution in [0.3, 0.4) is 0 Å². The Hall–Kier alpha value is -3.30. The first-order chi connectivity index (χ1) is 17.3. The lowest BCUT2D eigenvalue weighted by Crippen LogP contribution is -2.44. The molecular formula is C27H28FN3O5. The molecule has 2 atom stereocenters. The number of ether oxygens (including phenoxy) is 1. The van der Waals surface area contributed by atoms with Gasteiger partial charge in [0.25, 0.3) is 5.56 Å². The predicted octanol–water partition coefficient (Wildman–Crippen LogP) is 2.64. The number of carbonyl (C=O) groups is 1. The Balaban J connectivity index is 1.64. The Morgan fingerprint density at radius 2 is 2.00 bits per heavy atom. The van der Waals surface area contributed by atoms with Crippen molar-refractivity contribution in [1.29, 1.82) is 0 Å². The Bertz CT molecular complexity index is 1560. The van der Waals surface area contributed by atoms with Gasteiger partial charge in [0.2, 0.25) is 0 Å². The maximum absolute atomic E-state index is 14.3. The van der Waals surface area contributed by atoms with E-state index in [9.17, 15) is 23.9 Å². The van der Waals surface area contributed by atoms with E-state index in [1.807, 2.05) is 0 Å². The molecule has 2 aromatic heterocycles. The van der Waals surface area contributed by atoms with Crippen LogP contribution in [-0.4, -0.2) is 44.7 Å². The largest absolute Gasteiger partial charge is 0.458 e. The van der Waals surface area contributed by atoms with Crippen molar-refractivity contribution in [3.05, 3.63) is 67.5 Å². The number of nitrogens with zero attached hydrogens (tertiary/aromatic N) is 3. The molecule has 0 unspecified atom stereocenters. The SMILES string of the molecule is CCCN1CC[C@@H](n2c3c(c(=O)c4cc(F)ccc42)-c2cc4c(c(=O)n2C3)COC(=O)[C@]4(O)CC)C1. The topological polar surface area (TPSA) is 93.8 Å². The predicted molar refractivity (Wildman–Crippen MR) is 131 cm³/mol. The number of halogens is 1. The van der Waals surface area contributed by atoms with Gasteiger partial charge in [-0.2, -0.15) is 0 Å². The van der Waals surface area contributed by atoms with E-state index in [0.717, 1.165) is 32.5 Å². The summed E-state index contributed by atoms with van der Waals surface area (Å²) in [5.74, 6) is -1.31. The third-order valence-corrected chi connectivity index (χ3v) is 8.03. The molecule has 3 aliphatic heterocycles. The van der Waals surface area contributed by atoms with Crippen LogP contribution < -0.4 is 11.0 Å². The van der Waals surface area contributed by atoms with E-state index in [4.69, 9.17) is 4.74 Å². The summed E-state index contributed by atoms with van der Waals surface area (Å²) in [5.41, 5.74) is -0.263. The molecule has 1 saturated heterocycles. The lowest BCUT2D eigenvalue weighted by Gasteiger charge is -2.31. The minimum atomic E-state index is -1.96. The average molecular weight is 494 g/mol. The third-order valence-electron chi connectivity index (χ3n) is 8.03. The standard InChI is InChI=1S/C27H28FN3O5/c1-3-8-29-9-7-16(12-29)31-20-6-5-15(28)10-17(20)24(32)23-21-11-19-18(25(33)30(21)13-22(23)31)14-36-26(34)27(19,35)4-2/h5-6,10-11,16,35H,3-4,7-9,12-14H2,1-2H3/t16-,27+/m1/s1. The molecule has 0 saturated carbocycles. The van der Waals surface area contributed by atoms with Crippen LogP contribution in [-0.2, 0) is 28.3 Å². The van der Waals surface area contributed by atoms with E-state index in [2.05, 4.69) is 16.4 Å². The van der Waals surface area contributed by atoms with Gasteiger partial charge in [-0.1, -0.05) is 13.8 Å². The Labute approximate surface area is 206 Å². The average Bonchev–Trinajstić information content (AvgIpc) is 3.48. The summed E-state index contributed by atoms with van der Waals surface area (Å²) in [5, 5.41) is 11.4. The van der Waals surface area contributed by atoms with Gasteiger partial charge in [0, 0.05) is 30.1 Å². The number of hydrogen-bond donors (Lipinski definition) is 1. The summed E-state index contributed by atoms with van der Waals surface area (Å²) >= 11 is 0. The van der Waals surface area contributed by atoms with Crippen molar-refractivity contribution in [3.8, 4) is 11.3 Å². The molecule has 5 heterocycles. The number of cyclic esters (lactones) is 1. The molecular weight excluding hydrogens is 465 g/mol. The summed E-state index contributed by atoms with van der Waals surface area (Å²) in [4.78, 5) is 42.2. The molecule has 1 N–H and O–H groups in total. The number of esters is 1. The van der Waals surface area contributed by atoms with E-state index in [1.54, 1.807) is 19.1 Å². The number of benzene rings is 1. The van der Waals surface area contributed by atoms with Gasteiger partial charge >= 0.3 is 5.97 Å². The third kappa shape index (κ3) is 3.08. The minimum Gasteiger partial charge on any atom is -0.458 e. The first kappa shape index (κ1) is 23.1. The molecule has 8 nitrogen and oxygen atoms in total. The zero-order chi connectivity index (χ0) is 25.4. The van der Waals surface area contributed by atoms with Crippen LogP contribution in [0.4, 0.5) is 4.39 Å². The van der Waals surface area contributed by atoms with Crippen LogP contribution in [0.15, 0.2) is 33.9 Å². The van der Waals surface area contributed by atoms with Crippen LogP contribution in [0.1, 0.15) is 56.0 Å². The van der Waals surface area contributed by atoms with Gasteiger partial charge in [0.1, 0.15) is 12.4 Å². The highest BCUT2D eigenvalue weighted by atomic mass is 19.1. The Morgan fingerprint density at radius 1 is 1.19 bits per heavy atom.